The third kappa shape index (κ3) is 9.76. The average molecular weight is 248 g/mol. The normalized spacial score (nSPS) is 9.28. The molecule has 0 aliphatic carbocycles. The third-order valence-electron chi connectivity index (χ3n) is 2.56. The van der Waals surface area contributed by atoms with E-state index in [9.17, 15) is 9.59 Å². The molecule has 2 heteroatoms. The van der Waals surface area contributed by atoms with Crippen LogP contribution in [0.5, 0.6) is 0 Å². The van der Waals surface area contributed by atoms with Crippen molar-refractivity contribution in [3.63, 3.8) is 0 Å². The van der Waals surface area contributed by atoms with Crippen LogP contribution in [0.4, 0.5) is 0 Å². The standard InChI is InChI=1S/C8H8O.C8H16O/c1-7(9)8-5-3-2-4-6-8;1-3-4-5-6-7-8(2)9/h2-6H,1H3;3-7H2,1-2H3. The van der Waals surface area contributed by atoms with E-state index >= 15 is 0 Å². The molecule has 100 valence electrons. The second kappa shape index (κ2) is 10.7. The van der Waals surface area contributed by atoms with Gasteiger partial charge in [0.1, 0.15) is 5.78 Å². The van der Waals surface area contributed by atoms with Crippen molar-refractivity contribution in [2.75, 3.05) is 0 Å². The van der Waals surface area contributed by atoms with Gasteiger partial charge in [-0.2, -0.15) is 0 Å². The van der Waals surface area contributed by atoms with E-state index in [0.717, 1.165) is 18.4 Å². The molecule has 2 nitrogen and oxygen atoms in total. The van der Waals surface area contributed by atoms with Crippen LogP contribution in [-0.2, 0) is 4.79 Å². The van der Waals surface area contributed by atoms with Crippen molar-refractivity contribution in [2.45, 2.75) is 52.9 Å². The van der Waals surface area contributed by atoms with Crippen molar-refractivity contribution in [3.8, 4) is 0 Å². The lowest BCUT2D eigenvalue weighted by Crippen LogP contribution is -1.88. The molecule has 0 N–H and O–H groups in total. The lowest BCUT2D eigenvalue weighted by Gasteiger charge is -1.93. The van der Waals surface area contributed by atoms with Crippen molar-refractivity contribution in [3.05, 3.63) is 35.9 Å². The Morgan fingerprint density at radius 1 is 0.944 bits per heavy atom. The number of rotatable bonds is 6. The summed E-state index contributed by atoms with van der Waals surface area (Å²) in [6.45, 7) is 5.40. The minimum absolute atomic E-state index is 0.121. The molecule has 0 fully saturated rings. The largest absolute Gasteiger partial charge is 0.300 e. The van der Waals surface area contributed by atoms with Crippen LogP contribution < -0.4 is 0 Å². The summed E-state index contributed by atoms with van der Waals surface area (Å²) in [4.78, 5) is 21.1. The third-order valence-corrected chi connectivity index (χ3v) is 2.56. The van der Waals surface area contributed by atoms with E-state index in [-0.39, 0.29) is 5.78 Å². The van der Waals surface area contributed by atoms with Gasteiger partial charge in [0.25, 0.3) is 0 Å². The lowest BCUT2D eigenvalue weighted by molar-refractivity contribution is -0.117. The van der Waals surface area contributed by atoms with Gasteiger partial charge in [0.2, 0.25) is 0 Å². The van der Waals surface area contributed by atoms with Crippen LogP contribution in [0.15, 0.2) is 30.3 Å². The van der Waals surface area contributed by atoms with E-state index in [1.165, 1.54) is 19.3 Å². The molecule has 0 aromatic heterocycles. The summed E-state index contributed by atoms with van der Waals surface area (Å²) in [6.07, 6.45) is 5.60. The summed E-state index contributed by atoms with van der Waals surface area (Å²) in [7, 11) is 0. The second-order valence-electron chi connectivity index (χ2n) is 4.43. The molecule has 0 saturated carbocycles. The van der Waals surface area contributed by atoms with Gasteiger partial charge in [-0.1, -0.05) is 56.5 Å². The summed E-state index contributed by atoms with van der Waals surface area (Å²) in [6, 6.07) is 9.23. The number of Topliss-reactive ketones (excluding diaryl/α,β-unsaturated/α-hetero) is 2. The Hall–Kier alpha value is -1.44. The van der Waals surface area contributed by atoms with Crippen molar-refractivity contribution < 1.29 is 9.59 Å². The lowest BCUT2D eigenvalue weighted by atomic mass is 10.1. The average Bonchev–Trinajstić information content (AvgIpc) is 2.36. The number of carbonyl (C=O) groups is 2. The molecule has 1 rings (SSSR count). The number of hydrogen-bond donors (Lipinski definition) is 0. The van der Waals surface area contributed by atoms with Gasteiger partial charge in [-0.25, -0.2) is 0 Å². The molecular formula is C16H24O2. The van der Waals surface area contributed by atoms with Gasteiger partial charge in [0, 0.05) is 12.0 Å². The molecule has 18 heavy (non-hydrogen) atoms. The van der Waals surface area contributed by atoms with Crippen molar-refractivity contribution in [2.24, 2.45) is 0 Å². The van der Waals surface area contributed by atoms with E-state index in [0.29, 0.717) is 5.78 Å². The van der Waals surface area contributed by atoms with E-state index in [4.69, 9.17) is 0 Å². The molecule has 0 aliphatic heterocycles. The molecule has 0 radical (unpaired) electrons. The molecule has 0 saturated heterocycles. The van der Waals surface area contributed by atoms with Gasteiger partial charge in [-0.05, 0) is 20.3 Å². The van der Waals surface area contributed by atoms with E-state index in [2.05, 4.69) is 6.92 Å². The predicted octanol–water partition coefficient (Wildman–Crippen LogP) is 4.44. The fourth-order valence-corrected chi connectivity index (χ4v) is 1.47. The molecule has 0 atom stereocenters. The molecule has 0 bridgehead atoms. The van der Waals surface area contributed by atoms with Gasteiger partial charge < -0.3 is 4.79 Å². The fraction of sp³-hybridized carbons (Fsp3) is 0.500. The predicted molar refractivity (Wildman–Crippen MR) is 75.9 cm³/mol. The second-order valence-corrected chi connectivity index (χ2v) is 4.43. The molecule has 0 unspecified atom stereocenters. The Labute approximate surface area is 110 Å². The zero-order valence-electron chi connectivity index (χ0n) is 11.7. The highest BCUT2D eigenvalue weighted by Crippen LogP contribution is 2.01. The molecule has 1 aromatic rings. The first-order valence-electron chi connectivity index (χ1n) is 6.63. The smallest absolute Gasteiger partial charge is 0.159 e. The number of ketones is 2. The first-order valence-corrected chi connectivity index (χ1v) is 6.63. The van der Waals surface area contributed by atoms with Crippen LogP contribution in [0.2, 0.25) is 0 Å². The highest BCUT2D eigenvalue weighted by Gasteiger charge is 1.93. The van der Waals surface area contributed by atoms with Crippen LogP contribution in [0.1, 0.15) is 63.2 Å². The number of unbranched alkanes of at least 4 members (excludes halogenated alkanes) is 3. The highest BCUT2D eigenvalue weighted by atomic mass is 16.1. The molecule has 0 amide bonds. The summed E-state index contributed by atoms with van der Waals surface area (Å²) in [5.74, 6) is 0.446. The minimum Gasteiger partial charge on any atom is -0.300 e. The first kappa shape index (κ1) is 16.6. The minimum atomic E-state index is 0.121. The monoisotopic (exact) mass is 248 g/mol. The van der Waals surface area contributed by atoms with Crippen LogP contribution in [0, 0.1) is 0 Å². The molecule has 0 spiro atoms. The molecule has 0 aliphatic rings. The zero-order valence-corrected chi connectivity index (χ0v) is 11.7. The van der Waals surface area contributed by atoms with Gasteiger partial charge in [-0.15, -0.1) is 0 Å². The van der Waals surface area contributed by atoms with Crippen LogP contribution in [0.3, 0.4) is 0 Å². The van der Waals surface area contributed by atoms with E-state index < -0.39 is 0 Å². The summed E-state index contributed by atoms with van der Waals surface area (Å²) in [5.41, 5.74) is 0.775. The Kier molecular flexibility index (Phi) is 9.84. The zero-order chi connectivity index (χ0) is 13.8. The maximum Gasteiger partial charge on any atom is 0.159 e. The van der Waals surface area contributed by atoms with Gasteiger partial charge >= 0.3 is 0 Å². The number of benzene rings is 1. The van der Waals surface area contributed by atoms with Crippen LogP contribution in [-0.4, -0.2) is 11.6 Å². The summed E-state index contributed by atoms with van der Waals surface area (Å²) in [5, 5.41) is 0. The van der Waals surface area contributed by atoms with Gasteiger partial charge in [-0.3, -0.25) is 4.79 Å². The summed E-state index contributed by atoms with van der Waals surface area (Å²) >= 11 is 0. The fourth-order valence-electron chi connectivity index (χ4n) is 1.47. The molecular weight excluding hydrogens is 224 g/mol. The maximum atomic E-state index is 10.6. The molecule has 0 heterocycles. The number of carbonyl (C=O) groups excluding carboxylic acids is 2. The molecule has 1 aromatic carbocycles. The summed E-state index contributed by atoms with van der Waals surface area (Å²) < 4.78 is 0. The van der Waals surface area contributed by atoms with Crippen molar-refractivity contribution >= 4 is 11.6 Å². The maximum absolute atomic E-state index is 10.6. The van der Waals surface area contributed by atoms with Crippen molar-refractivity contribution in [1.82, 2.24) is 0 Å². The Balaban J connectivity index is 0.000000321. The number of hydrogen-bond acceptors (Lipinski definition) is 2. The van der Waals surface area contributed by atoms with Crippen molar-refractivity contribution in [1.29, 1.82) is 0 Å². The Morgan fingerprint density at radius 3 is 1.94 bits per heavy atom. The topological polar surface area (TPSA) is 34.1 Å². The Bertz CT molecular complexity index is 341. The van der Waals surface area contributed by atoms with Gasteiger partial charge in [0.05, 0.1) is 0 Å². The van der Waals surface area contributed by atoms with E-state index in [1.54, 1.807) is 13.8 Å². The van der Waals surface area contributed by atoms with Gasteiger partial charge in [0.15, 0.2) is 5.78 Å². The highest BCUT2D eigenvalue weighted by molar-refractivity contribution is 5.93. The Morgan fingerprint density at radius 2 is 1.56 bits per heavy atom. The SMILES string of the molecule is CC(=O)c1ccccc1.CCCCCCC(C)=O. The van der Waals surface area contributed by atoms with Crippen LogP contribution >= 0.6 is 0 Å². The quantitative estimate of drug-likeness (QED) is 0.551. The first-order chi connectivity index (χ1) is 8.57. The van der Waals surface area contributed by atoms with E-state index in [1.807, 2.05) is 30.3 Å². The van der Waals surface area contributed by atoms with Crippen LogP contribution in [0.25, 0.3) is 0 Å².